The van der Waals surface area contributed by atoms with Gasteiger partial charge >= 0.3 is 6.61 Å². The monoisotopic (exact) mass is 493 g/mol. The molecular weight excluding hydrogens is 472 g/mol. The van der Waals surface area contributed by atoms with Crippen LogP contribution in [0, 0.1) is 0 Å². The molecule has 0 saturated heterocycles. The highest BCUT2D eigenvalue weighted by Crippen LogP contribution is 2.31. The van der Waals surface area contributed by atoms with Crippen molar-refractivity contribution in [3.8, 4) is 16.9 Å². The Morgan fingerprint density at radius 2 is 2.03 bits per heavy atom. The molecule has 12 heteroatoms. The summed E-state index contributed by atoms with van der Waals surface area (Å²) >= 11 is 1.30. The van der Waals surface area contributed by atoms with Crippen molar-refractivity contribution in [2.75, 3.05) is 10.0 Å². The van der Waals surface area contributed by atoms with Crippen molar-refractivity contribution in [2.24, 2.45) is 0 Å². The van der Waals surface area contributed by atoms with Gasteiger partial charge in [0.15, 0.2) is 5.13 Å². The molecule has 174 valence electrons. The number of alkyl halides is 2. The number of rotatable bonds is 9. The molecule has 3 aromatic rings. The third-order valence-corrected chi connectivity index (χ3v) is 7.36. The number of anilines is 2. The van der Waals surface area contributed by atoms with Crippen LogP contribution in [0.1, 0.15) is 32.4 Å². The van der Waals surface area contributed by atoms with Crippen molar-refractivity contribution >= 4 is 39.2 Å². The maximum atomic E-state index is 12.9. The molecule has 8 nitrogen and oxygen atoms in total. The van der Waals surface area contributed by atoms with Crippen LogP contribution in [-0.2, 0) is 21.2 Å². The van der Waals surface area contributed by atoms with Gasteiger partial charge < -0.3 is 10.1 Å². The van der Waals surface area contributed by atoms with E-state index in [1.807, 2.05) is 0 Å². The van der Waals surface area contributed by atoms with Gasteiger partial charge in [-0.3, -0.25) is 14.5 Å². The minimum atomic E-state index is -2.94. The number of thiazole rings is 1. The summed E-state index contributed by atoms with van der Waals surface area (Å²) in [5.74, 6) is -0.0372. The molecule has 1 amide bonds. The van der Waals surface area contributed by atoms with E-state index < -0.39 is 23.0 Å². The van der Waals surface area contributed by atoms with Gasteiger partial charge in [-0.25, -0.2) is 14.2 Å². The van der Waals surface area contributed by atoms with Gasteiger partial charge in [0, 0.05) is 28.9 Å². The Morgan fingerprint density at radius 1 is 1.24 bits per heavy atom. The number of carbonyl (C=O) groups excluding carboxylic acids is 1. The zero-order valence-corrected chi connectivity index (χ0v) is 19.4. The van der Waals surface area contributed by atoms with E-state index in [2.05, 4.69) is 29.7 Å². The molecule has 1 saturated carbocycles. The van der Waals surface area contributed by atoms with Crippen LogP contribution in [0.4, 0.5) is 19.7 Å². The zero-order chi connectivity index (χ0) is 23.6. The van der Waals surface area contributed by atoms with E-state index in [4.69, 9.17) is 0 Å². The summed E-state index contributed by atoms with van der Waals surface area (Å²) in [6.07, 6.45) is 6.10. The average molecular weight is 494 g/mol. The van der Waals surface area contributed by atoms with Crippen LogP contribution >= 0.6 is 11.3 Å². The Balaban J connectivity index is 1.41. The zero-order valence-electron chi connectivity index (χ0n) is 17.7. The maximum Gasteiger partial charge on any atom is 0.387 e. The molecule has 1 fully saturated rings. The number of halogens is 2. The highest BCUT2D eigenvalue weighted by Gasteiger charge is 2.34. The average Bonchev–Trinajstić information content (AvgIpc) is 3.53. The SMILES string of the molecule is CC(C)(C(=O)Nc1ccc(-c2cncc(OC(F)F)c2)cn1)c1csc(NS(=O)C2CC2)n1. The normalized spacial score (nSPS) is 14.7. The number of ether oxygens (including phenoxy) is 1. The van der Waals surface area contributed by atoms with Crippen LogP contribution < -0.4 is 14.8 Å². The van der Waals surface area contributed by atoms with Crippen molar-refractivity contribution in [2.45, 2.75) is 44.0 Å². The molecule has 1 aliphatic carbocycles. The van der Waals surface area contributed by atoms with E-state index in [1.165, 1.54) is 36.0 Å². The molecule has 1 atom stereocenters. The Labute approximate surface area is 195 Å². The first-order valence-electron chi connectivity index (χ1n) is 10.0. The van der Waals surface area contributed by atoms with Crippen molar-refractivity contribution in [3.63, 3.8) is 0 Å². The summed E-state index contributed by atoms with van der Waals surface area (Å²) in [5.41, 5.74) is 0.769. The third-order valence-electron chi connectivity index (χ3n) is 5.00. The van der Waals surface area contributed by atoms with E-state index in [-0.39, 0.29) is 16.9 Å². The second kappa shape index (κ2) is 9.48. The number of pyridine rings is 2. The lowest BCUT2D eigenvalue weighted by Crippen LogP contribution is -2.35. The molecule has 0 radical (unpaired) electrons. The predicted octanol–water partition coefficient (Wildman–Crippen LogP) is 4.36. The lowest BCUT2D eigenvalue weighted by Gasteiger charge is -2.21. The Bertz CT molecular complexity index is 1170. The van der Waals surface area contributed by atoms with Gasteiger partial charge in [0.1, 0.15) is 22.6 Å². The third kappa shape index (κ3) is 5.69. The molecule has 0 spiro atoms. The minimum Gasteiger partial charge on any atom is -0.433 e. The smallest absolute Gasteiger partial charge is 0.387 e. The van der Waals surface area contributed by atoms with Gasteiger partial charge in [-0.1, -0.05) is 0 Å². The molecule has 2 N–H and O–H groups in total. The van der Waals surface area contributed by atoms with Crippen molar-refractivity contribution < 1.29 is 22.5 Å². The van der Waals surface area contributed by atoms with Crippen LogP contribution in [0.15, 0.2) is 42.2 Å². The fourth-order valence-electron chi connectivity index (χ4n) is 2.83. The molecule has 1 aliphatic rings. The number of amides is 1. The molecule has 1 unspecified atom stereocenters. The Kier molecular flexibility index (Phi) is 6.66. The highest BCUT2D eigenvalue weighted by atomic mass is 32.2. The van der Waals surface area contributed by atoms with Gasteiger partial charge in [-0.2, -0.15) is 8.78 Å². The predicted molar refractivity (Wildman–Crippen MR) is 123 cm³/mol. The summed E-state index contributed by atoms with van der Waals surface area (Å²) in [4.78, 5) is 25.5. The second-order valence-corrected chi connectivity index (χ2v) is 10.3. The van der Waals surface area contributed by atoms with Crippen LogP contribution in [0.2, 0.25) is 0 Å². The van der Waals surface area contributed by atoms with Crippen molar-refractivity contribution in [1.29, 1.82) is 0 Å². The Hall–Kier alpha value is -2.99. The number of nitrogens with zero attached hydrogens (tertiary/aromatic N) is 3. The first-order chi connectivity index (χ1) is 15.7. The van der Waals surface area contributed by atoms with Crippen LogP contribution in [0.3, 0.4) is 0 Å². The Morgan fingerprint density at radius 3 is 2.70 bits per heavy atom. The van der Waals surface area contributed by atoms with Crippen LogP contribution in [-0.4, -0.2) is 36.9 Å². The molecule has 3 aromatic heterocycles. The van der Waals surface area contributed by atoms with E-state index in [0.29, 0.717) is 27.8 Å². The van der Waals surface area contributed by atoms with E-state index in [9.17, 15) is 17.8 Å². The van der Waals surface area contributed by atoms with E-state index in [1.54, 1.807) is 31.4 Å². The summed E-state index contributed by atoms with van der Waals surface area (Å²) in [6, 6.07) is 4.73. The number of carbonyl (C=O) groups is 1. The number of hydrogen-bond donors (Lipinski definition) is 2. The summed E-state index contributed by atoms with van der Waals surface area (Å²) in [5, 5.41) is 5.23. The maximum absolute atomic E-state index is 12.9. The molecule has 3 heterocycles. The first kappa shape index (κ1) is 23.2. The molecule has 4 rings (SSSR count). The van der Waals surface area contributed by atoms with Gasteiger partial charge in [-0.15, -0.1) is 11.3 Å². The standard InChI is InChI=1S/C21H21F2N5O3S2/c1-21(2,16-11-32-20(26-16)28-33(30)15-4-5-15)18(29)27-17-6-3-12(9-25-17)13-7-14(10-24-8-13)31-19(22)23/h3,6-11,15,19H,4-5H2,1-2H3,(H,26,28)(H,25,27,29). The van der Waals surface area contributed by atoms with Crippen LogP contribution in [0.5, 0.6) is 5.75 Å². The fourth-order valence-corrected chi connectivity index (χ4v) is 4.94. The minimum absolute atomic E-state index is 0.0558. The molecule has 0 aliphatic heterocycles. The van der Waals surface area contributed by atoms with Crippen molar-refractivity contribution in [3.05, 3.63) is 47.9 Å². The second-order valence-electron chi connectivity index (χ2n) is 7.94. The van der Waals surface area contributed by atoms with E-state index in [0.717, 1.165) is 12.8 Å². The highest BCUT2D eigenvalue weighted by molar-refractivity contribution is 7.87. The number of hydrogen-bond acceptors (Lipinski definition) is 7. The van der Waals surface area contributed by atoms with Gasteiger partial charge in [0.2, 0.25) is 5.91 Å². The molecular formula is C21H21F2N5O3S2. The summed E-state index contributed by atoms with van der Waals surface area (Å²) < 4.78 is 44.1. The topological polar surface area (TPSA) is 106 Å². The lowest BCUT2D eigenvalue weighted by atomic mass is 9.89. The van der Waals surface area contributed by atoms with Gasteiger partial charge in [-0.05, 0) is 44.9 Å². The van der Waals surface area contributed by atoms with Gasteiger partial charge in [0.05, 0.1) is 22.6 Å². The molecule has 33 heavy (non-hydrogen) atoms. The summed E-state index contributed by atoms with van der Waals surface area (Å²) in [6.45, 7) is 0.548. The molecule has 0 bridgehead atoms. The lowest BCUT2D eigenvalue weighted by molar-refractivity contribution is -0.120. The number of nitrogens with one attached hydrogen (secondary N) is 2. The van der Waals surface area contributed by atoms with Crippen molar-refractivity contribution in [1.82, 2.24) is 15.0 Å². The van der Waals surface area contributed by atoms with Gasteiger partial charge in [0.25, 0.3) is 0 Å². The summed E-state index contributed by atoms with van der Waals surface area (Å²) in [7, 11) is -1.15. The first-order valence-corrected chi connectivity index (χ1v) is 12.1. The van der Waals surface area contributed by atoms with E-state index >= 15 is 0 Å². The molecule has 0 aromatic carbocycles. The number of aromatic nitrogens is 3. The fraction of sp³-hybridized carbons (Fsp3) is 0.333. The van der Waals surface area contributed by atoms with Crippen LogP contribution in [0.25, 0.3) is 11.1 Å². The largest absolute Gasteiger partial charge is 0.433 e. The quantitative estimate of drug-likeness (QED) is 0.459.